The van der Waals surface area contributed by atoms with E-state index in [0.29, 0.717) is 16.6 Å². The predicted octanol–water partition coefficient (Wildman–Crippen LogP) is 8.52. The molecular formula is C28H34Cl3NOU. The maximum absolute atomic E-state index is 13.3. The normalized spacial score (nSPS) is 31.1. The summed E-state index contributed by atoms with van der Waals surface area (Å²) in [5.74, 6) is 0.830. The van der Waals surface area contributed by atoms with Gasteiger partial charge in [0.25, 0.3) is 0 Å². The van der Waals surface area contributed by atoms with Crippen LogP contribution in [0.3, 0.4) is 0 Å². The maximum atomic E-state index is 13.3. The van der Waals surface area contributed by atoms with Crippen molar-refractivity contribution in [3.63, 3.8) is 0 Å². The molecule has 5 atom stereocenters. The van der Waals surface area contributed by atoms with Crippen LogP contribution < -0.4 is 5.32 Å². The molecule has 0 bridgehead atoms. The SMILES string of the molecule is [CH2-][C@H]1CNC(=O)[C@]2(CC)CCC(c3ccc(Cl)cc3Cl)[C@@H](c3ccc(Cl)cc3)CC[C@]12C.[CH3-].[U+2]. The Kier molecular flexibility index (Phi) is 10.5. The van der Waals surface area contributed by atoms with Crippen molar-refractivity contribution in [1.82, 2.24) is 5.32 Å². The molecule has 1 aliphatic heterocycles. The zero-order chi connectivity index (χ0) is 23.1. The summed E-state index contributed by atoms with van der Waals surface area (Å²) in [4.78, 5) is 13.3. The van der Waals surface area contributed by atoms with E-state index in [-0.39, 0.29) is 67.6 Å². The summed E-state index contributed by atoms with van der Waals surface area (Å²) in [6.07, 6.45) is 4.40. The summed E-state index contributed by atoms with van der Waals surface area (Å²) in [6, 6.07) is 14.0. The van der Waals surface area contributed by atoms with Gasteiger partial charge >= 0.3 is 31.1 Å². The van der Waals surface area contributed by atoms with E-state index in [1.54, 1.807) is 0 Å². The van der Waals surface area contributed by atoms with E-state index in [4.69, 9.17) is 34.8 Å². The van der Waals surface area contributed by atoms with Crippen molar-refractivity contribution < 1.29 is 35.9 Å². The molecule has 1 amide bonds. The average Bonchev–Trinajstić information content (AvgIpc) is 2.76. The number of rotatable bonds is 3. The third-order valence-electron chi connectivity index (χ3n) is 8.54. The standard InChI is InChI=1S/C27H31Cl3NO.CH3.U/c1-4-27-14-12-22(23-10-9-20(29)15-24(23)30)21(18-5-7-19(28)8-6-18)11-13-26(27,3)17(2)16-31-25(27)32;;/h5-10,15,17,21-22H,2,4,11-14,16H2,1,3H3,(H,31,32);1H3;/q2*-1;+2/t17-,21+,22?,26+,27-;;/m0../s1. The van der Waals surface area contributed by atoms with Gasteiger partial charge in [-0.3, -0.25) is 4.79 Å². The molecule has 2 aromatic rings. The molecule has 1 heterocycles. The molecule has 1 saturated carbocycles. The van der Waals surface area contributed by atoms with Crippen LogP contribution in [-0.4, -0.2) is 12.5 Å². The van der Waals surface area contributed by atoms with Gasteiger partial charge in [-0.2, -0.15) is 0 Å². The van der Waals surface area contributed by atoms with Gasteiger partial charge < -0.3 is 19.7 Å². The van der Waals surface area contributed by atoms with E-state index in [1.807, 2.05) is 24.3 Å². The van der Waals surface area contributed by atoms with Crippen molar-refractivity contribution in [3.05, 3.63) is 83.0 Å². The van der Waals surface area contributed by atoms with E-state index in [2.05, 4.69) is 44.3 Å². The van der Waals surface area contributed by atoms with Crippen LogP contribution in [0.2, 0.25) is 15.1 Å². The van der Waals surface area contributed by atoms with E-state index in [1.165, 1.54) is 5.56 Å². The molecule has 2 aromatic carbocycles. The Bertz CT molecular complexity index is 998. The Hall–Kier alpha value is -0.168. The zero-order valence-corrected chi connectivity index (χ0v) is 26.7. The molecule has 2 fully saturated rings. The van der Waals surface area contributed by atoms with Crippen molar-refractivity contribution in [3.8, 4) is 0 Å². The molecule has 1 aliphatic carbocycles. The molecule has 1 N–H and O–H groups in total. The molecule has 2 nitrogen and oxygen atoms in total. The van der Waals surface area contributed by atoms with Gasteiger partial charge in [0.05, 0.1) is 5.41 Å². The van der Waals surface area contributed by atoms with Crippen LogP contribution in [0.1, 0.15) is 68.9 Å². The Labute approximate surface area is 244 Å². The number of carbonyl (C=O) groups is 1. The molecule has 1 saturated heterocycles. The monoisotopic (exact) mass is 743 g/mol. The number of amides is 1. The van der Waals surface area contributed by atoms with Gasteiger partial charge in [0.2, 0.25) is 5.91 Å². The smallest absolute Gasteiger partial charge is 0.358 e. The molecule has 182 valence electrons. The first-order chi connectivity index (χ1) is 15.2. The quantitative estimate of drug-likeness (QED) is 0.314. The van der Waals surface area contributed by atoms with Gasteiger partial charge in [-0.15, -0.1) is 5.92 Å². The van der Waals surface area contributed by atoms with E-state index in [9.17, 15) is 4.79 Å². The van der Waals surface area contributed by atoms with Crippen LogP contribution in [0.25, 0.3) is 0 Å². The zero-order valence-electron chi connectivity index (χ0n) is 20.3. The summed E-state index contributed by atoms with van der Waals surface area (Å²) in [5, 5.41) is 5.22. The number of nitrogens with one attached hydrogen (secondary N) is 1. The third kappa shape index (κ3) is 5.26. The topological polar surface area (TPSA) is 29.1 Å². The Balaban J connectivity index is 0.00000204. The molecule has 0 aromatic heterocycles. The molecule has 6 heteroatoms. The molecular weight excluding hydrogens is 711 g/mol. The number of hydrogen-bond acceptors (Lipinski definition) is 1. The minimum absolute atomic E-state index is 0. The minimum atomic E-state index is -0.417. The second-order valence-electron chi connectivity index (χ2n) is 9.77. The summed E-state index contributed by atoms with van der Waals surface area (Å²) in [7, 11) is 0. The first-order valence-electron chi connectivity index (χ1n) is 11.5. The van der Waals surface area contributed by atoms with Gasteiger partial charge in [-0.25, -0.2) is 0 Å². The fraction of sp³-hybridized carbons (Fsp3) is 0.464. The van der Waals surface area contributed by atoms with Crippen LogP contribution in [-0.2, 0) is 4.79 Å². The molecule has 1 unspecified atom stereocenters. The largest absolute Gasteiger partial charge is 2.00 e. The van der Waals surface area contributed by atoms with Gasteiger partial charge in [-0.05, 0) is 91.3 Å². The van der Waals surface area contributed by atoms with Gasteiger partial charge in [-0.1, -0.05) is 66.8 Å². The second-order valence-corrected chi connectivity index (χ2v) is 11.0. The second kappa shape index (κ2) is 11.9. The molecule has 34 heavy (non-hydrogen) atoms. The number of carbonyl (C=O) groups excluding carboxylic acids is 1. The number of benzene rings is 2. The van der Waals surface area contributed by atoms with Crippen LogP contribution in [0, 0.1) is 62.2 Å². The first-order valence-corrected chi connectivity index (χ1v) is 12.7. The van der Waals surface area contributed by atoms with Crippen LogP contribution in [0.4, 0.5) is 0 Å². The van der Waals surface area contributed by atoms with Crippen molar-refractivity contribution in [2.75, 3.05) is 6.54 Å². The fourth-order valence-electron chi connectivity index (χ4n) is 6.39. The van der Waals surface area contributed by atoms with Crippen LogP contribution in [0.5, 0.6) is 0 Å². The van der Waals surface area contributed by atoms with E-state index >= 15 is 0 Å². The number of hydrogen-bond donors (Lipinski definition) is 1. The van der Waals surface area contributed by atoms with Crippen molar-refractivity contribution >= 4 is 40.7 Å². The summed E-state index contributed by atoms with van der Waals surface area (Å²) < 4.78 is 0. The van der Waals surface area contributed by atoms with Gasteiger partial charge in [0.1, 0.15) is 0 Å². The fourth-order valence-corrected chi connectivity index (χ4v) is 7.06. The van der Waals surface area contributed by atoms with E-state index < -0.39 is 5.41 Å². The Morgan fingerprint density at radius 3 is 2.24 bits per heavy atom. The van der Waals surface area contributed by atoms with Crippen molar-refractivity contribution in [2.45, 2.75) is 57.8 Å². The Morgan fingerprint density at radius 1 is 1.00 bits per heavy atom. The molecule has 0 spiro atoms. The van der Waals surface area contributed by atoms with Crippen molar-refractivity contribution in [2.24, 2.45) is 16.7 Å². The predicted molar refractivity (Wildman–Crippen MR) is 141 cm³/mol. The maximum Gasteiger partial charge on any atom is 2.00 e. The minimum Gasteiger partial charge on any atom is -0.358 e. The van der Waals surface area contributed by atoms with E-state index in [0.717, 1.165) is 42.7 Å². The van der Waals surface area contributed by atoms with Gasteiger partial charge in [0, 0.05) is 15.1 Å². The first kappa shape index (κ1) is 30.1. The van der Waals surface area contributed by atoms with Gasteiger partial charge in [0.15, 0.2) is 0 Å². The molecule has 0 radical (unpaired) electrons. The Morgan fingerprint density at radius 2 is 1.62 bits per heavy atom. The summed E-state index contributed by atoms with van der Waals surface area (Å²) in [5.41, 5.74) is 1.80. The van der Waals surface area contributed by atoms with Crippen LogP contribution in [0.15, 0.2) is 42.5 Å². The summed E-state index contributed by atoms with van der Waals surface area (Å²) in [6.45, 7) is 9.59. The number of halogens is 3. The number of fused-ring (bicyclic) bond motifs is 1. The average molecular weight is 745 g/mol. The summed E-state index contributed by atoms with van der Waals surface area (Å²) >= 11 is 19.1. The molecule has 2 aliphatic rings. The molecule has 4 rings (SSSR count). The third-order valence-corrected chi connectivity index (χ3v) is 9.36. The van der Waals surface area contributed by atoms with Crippen molar-refractivity contribution in [1.29, 1.82) is 0 Å². The van der Waals surface area contributed by atoms with Crippen LogP contribution >= 0.6 is 34.8 Å². The number of piperidine rings is 1.